The van der Waals surface area contributed by atoms with Gasteiger partial charge in [-0.2, -0.15) is 0 Å². The Kier molecular flexibility index (Phi) is 14.2. The molecule has 2 bridgehead atoms. The second-order valence-corrected chi connectivity index (χ2v) is 22.6. The number of piperidine rings is 1. The largest absolute Gasteiger partial charge is 0.383 e. The van der Waals surface area contributed by atoms with E-state index in [0.29, 0.717) is 36.2 Å². The summed E-state index contributed by atoms with van der Waals surface area (Å²) in [5.41, 5.74) is 10.0. The molecule has 0 radical (unpaired) electrons. The summed E-state index contributed by atoms with van der Waals surface area (Å²) < 4.78 is 25.9. The Morgan fingerprint density at radius 2 is 1.70 bits per heavy atom. The Balaban J connectivity index is 0.696. The molecule has 69 heavy (non-hydrogen) atoms. The Labute approximate surface area is 411 Å². The number of likely N-dealkylation sites (tertiary alicyclic amines) is 1. The molecule has 3 atom stereocenters. The number of aromatic nitrogens is 2. The molecule has 1 aliphatic carbocycles. The van der Waals surface area contributed by atoms with Crippen molar-refractivity contribution >= 4 is 71.0 Å². The van der Waals surface area contributed by atoms with Gasteiger partial charge < -0.3 is 46.3 Å². The summed E-state index contributed by atoms with van der Waals surface area (Å²) in [5, 5.41) is 23.5. The zero-order valence-electron chi connectivity index (χ0n) is 40.2. The molecule has 3 aromatic carbocycles. The number of carbonyl (C=O) groups is 1. The molecule has 362 valence electrons. The smallest absolute Gasteiger partial charge is 0.263 e. The Hall–Kier alpha value is -5.63. The number of hydrogen-bond donors (Lipinski definition) is 6. The first-order valence-corrected chi connectivity index (χ1v) is 27.6. The summed E-state index contributed by atoms with van der Waals surface area (Å²) in [6, 6.07) is 28.3. The first-order chi connectivity index (χ1) is 33.5. The highest BCUT2D eigenvalue weighted by molar-refractivity contribution is 7.90. The number of anilines is 4. The SMILES string of the molecule is CNCn1c(C#CCNc2ccc(S(C)(=O)=O)cc2)cc2c(NC3CCN(CCCCNc4c(C(=O)N[C@H]5CCc6cc(N7C[C@H]8CC[C@@H](C7)N8)ccc6C5)sc5nc(C)ccc45)CC3)cccc21. The summed E-state index contributed by atoms with van der Waals surface area (Å²) >= 11 is 1.50. The van der Waals surface area contributed by atoms with Crippen molar-refractivity contribution in [2.24, 2.45) is 0 Å². The van der Waals surface area contributed by atoms with Gasteiger partial charge in [0.05, 0.1) is 35.0 Å². The molecule has 6 aromatic rings. The number of unbranched alkanes of at least 4 members (excludes halogenated alkanes) is 1. The van der Waals surface area contributed by atoms with Crippen LogP contribution in [0.1, 0.15) is 77.1 Å². The first kappa shape index (κ1) is 47.1. The number of piperazine rings is 1. The van der Waals surface area contributed by atoms with E-state index in [4.69, 9.17) is 4.98 Å². The van der Waals surface area contributed by atoms with E-state index in [1.807, 2.05) is 20.0 Å². The van der Waals surface area contributed by atoms with Gasteiger partial charge in [-0.25, -0.2) is 13.4 Å². The first-order valence-electron chi connectivity index (χ1n) is 24.9. The zero-order valence-corrected chi connectivity index (χ0v) is 41.8. The lowest BCUT2D eigenvalue weighted by Gasteiger charge is -2.35. The van der Waals surface area contributed by atoms with Crippen molar-refractivity contribution in [1.29, 1.82) is 0 Å². The third-order valence-electron chi connectivity index (χ3n) is 14.5. The summed E-state index contributed by atoms with van der Waals surface area (Å²) in [6.07, 6.45) is 10.8. The molecule has 1 amide bonds. The summed E-state index contributed by atoms with van der Waals surface area (Å²) in [6.45, 7) is 9.22. The number of carbonyl (C=O) groups excluding carboxylic acids is 1. The lowest BCUT2D eigenvalue weighted by Crippen LogP contribution is -2.51. The van der Waals surface area contributed by atoms with Crippen LogP contribution >= 0.6 is 11.3 Å². The Morgan fingerprint density at radius 1 is 0.884 bits per heavy atom. The number of nitrogens with one attached hydrogen (secondary N) is 6. The van der Waals surface area contributed by atoms with E-state index in [1.54, 1.807) is 24.3 Å². The van der Waals surface area contributed by atoms with E-state index in [0.717, 1.165) is 139 Å². The predicted molar refractivity (Wildman–Crippen MR) is 283 cm³/mol. The fraction of sp³-hybridized carbons (Fsp3) is 0.444. The third kappa shape index (κ3) is 10.9. The average Bonchev–Trinajstić information content (AvgIpc) is 4.01. The number of hydrogen-bond acceptors (Lipinski definition) is 12. The maximum absolute atomic E-state index is 14.1. The number of pyridine rings is 1. The number of benzene rings is 3. The Morgan fingerprint density at radius 3 is 2.48 bits per heavy atom. The van der Waals surface area contributed by atoms with Crippen molar-refractivity contribution in [3.8, 4) is 11.8 Å². The third-order valence-corrected chi connectivity index (χ3v) is 16.8. The van der Waals surface area contributed by atoms with Crippen molar-refractivity contribution in [3.05, 3.63) is 106 Å². The highest BCUT2D eigenvalue weighted by atomic mass is 32.2. The molecule has 0 saturated carbocycles. The second-order valence-electron chi connectivity index (χ2n) is 19.6. The number of rotatable bonds is 16. The van der Waals surface area contributed by atoms with Gasteiger partial charge in [0.1, 0.15) is 9.71 Å². The quantitative estimate of drug-likeness (QED) is 0.0421. The average molecular weight is 967 g/mol. The van der Waals surface area contributed by atoms with Crippen LogP contribution < -0.4 is 36.8 Å². The van der Waals surface area contributed by atoms with Crippen LogP contribution in [-0.4, -0.2) is 112 Å². The zero-order chi connectivity index (χ0) is 47.5. The molecule has 6 heterocycles. The van der Waals surface area contributed by atoms with Gasteiger partial charge in [0.15, 0.2) is 9.84 Å². The van der Waals surface area contributed by atoms with E-state index >= 15 is 0 Å². The van der Waals surface area contributed by atoms with Crippen LogP contribution in [0.5, 0.6) is 0 Å². The van der Waals surface area contributed by atoms with Gasteiger partial charge in [0.25, 0.3) is 5.91 Å². The molecule has 3 aromatic heterocycles. The minimum Gasteiger partial charge on any atom is -0.383 e. The van der Waals surface area contributed by atoms with Gasteiger partial charge in [-0.05, 0) is 162 Å². The van der Waals surface area contributed by atoms with Crippen molar-refractivity contribution in [2.45, 2.75) is 100 Å². The van der Waals surface area contributed by atoms with E-state index in [-0.39, 0.29) is 11.9 Å². The number of fused-ring (bicyclic) bond motifs is 5. The number of amides is 1. The molecule has 13 nitrogen and oxygen atoms in total. The number of aryl methyl sites for hydroxylation is 2. The molecule has 3 aliphatic heterocycles. The lowest BCUT2D eigenvalue weighted by atomic mass is 9.87. The number of sulfone groups is 1. The minimum atomic E-state index is -3.24. The number of thiophene rings is 1. The predicted octanol–water partition coefficient (Wildman–Crippen LogP) is 7.60. The van der Waals surface area contributed by atoms with Crippen LogP contribution in [0.3, 0.4) is 0 Å². The summed E-state index contributed by atoms with van der Waals surface area (Å²) in [7, 11) is -1.29. The Bertz CT molecular complexity index is 2970. The van der Waals surface area contributed by atoms with Gasteiger partial charge in [-0.1, -0.05) is 18.1 Å². The van der Waals surface area contributed by atoms with Crippen LogP contribution in [0.2, 0.25) is 0 Å². The topological polar surface area (TPSA) is 148 Å². The fourth-order valence-corrected chi connectivity index (χ4v) is 12.6. The van der Waals surface area contributed by atoms with E-state index in [9.17, 15) is 13.2 Å². The molecule has 0 unspecified atom stereocenters. The maximum Gasteiger partial charge on any atom is 0.263 e. The normalized spacial score (nSPS) is 19.6. The van der Waals surface area contributed by atoms with Crippen LogP contribution in [0, 0.1) is 18.8 Å². The van der Waals surface area contributed by atoms with E-state index in [2.05, 4.69) is 107 Å². The molecule has 0 spiro atoms. The van der Waals surface area contributed by atoms with Gasteiger partial charge in [-0.3, -0.25) is 4.79 Å². The molecule has 10 rings (SSSR count). The van der Waals surface area contributed by atoms with Crippen molar-refractivity contribution < 1.29 is 13.2 Å². The highest BCUT2D eigenvalue weighted by Crippen LogP contribution is 2.36. The fourth-order valence-electron chi connectivity index (χ4n) is 10.9. The van der Waals surface area contributed by atoms with Crippen molar-refractivity contribution in [2.75, 3.05) is 80.0 Å². The molecule has 6 N–H and O–H groups in total. The van der Waals surface area contributed by atoms with Crippen molar-refractivity contribution in [3.63, 3.8) is 0 Å². The molecule has 3 fully saturated rings. The van der Waals surface area contributed by atoms with Crippen molar-refractivity contribution in [1.82, 2.24) is 30.4 Å². The van der Waals surface area contributed by atoms with Crippen LogP contribution in [0.15, 0.2) is 83.8 Å². The molecule has 4 aliphatic rings. The lowest BCUT2D eigenvalue weighted by molar-refractivity contribution is 0.0938. The molecular formula is C54H66N10O3S2. The van der Waals surface area contributed by atoms with Gasteiger partial charge in [0.2, 0.25) is 0 Å². The van der Waals surface area contributed by atoms with E-state index in [1.165, 1.54) is 47.2 Å². The second kappa shape index (κ2) is 20.8. The number of nitrogens with zero attached hydrogens (tertiary/aromatic N) is 4. The maximum atomic E-state index is 14.1. The van der Waals surface area contributed by atoms with Gasteiger partial charge in [-0.15, -0.1) is 11.3 Å². The van der Waals surface area contributed by atoms with Gasteiger partial charge >= 0.3 is 0 Å². The highest BCUT2D eigenvalue weighted by Gasteiger charge is 2.33. The standard InChI is InChI=1S/C54H66N10O3S2/c1-36-11-22-47-51(52(68-54(47)58-36)53(65)61-41-14-12-38-31-44(19-13-37(38)30-41)63-33-42-15-16-43(34-63)59-42)57-25-4-5-27-62-28-23-40(24-29-62)60-49-9-6-10-50-48(49)32-45(64(50)35-55-2)8-7-26-56-39-17-20-46(21-18-39)69(3,66)67/h6,9-11,13,17-22,31-32,40-43,55-57,59-60H,4-5,12,14-16,23-30,33-35H2,1-3H3,(H,61,65)/t41-,42-,43+/m0/s1. The summed E-state index contributed by atoms with van der Waals surface area (Å²) in [4.78, 5) is 26.0. The summed E-state index contributed by atoms with van der Waals surface area (Å²) in [5.74, 6) is 6.62. The minimum absolute atomic E-state index is 0.000515. The van der Waals surface area contributed by atoms with E-state index < -0.39 is 9.84 Å². The monoisotopic (exact) mass is 966 g/mol. The molecule has 3 saturated heterocycles. The van der Waals surface area contributed by atoms with Crippen LogP contribution in [0.4, 0.5) is 22.7 Å². The van der Waals surface area contributed by atoms with Gasteiger partial charge in [0, 0.05) is 96.7 Å². The van der Waals surface area contributed by atoms with Crippen LogP contribution in [0.25, 0.3) is 21.1 Å². The molecular weight excluding hydrogens is 901 g/mol. The van der Waals surface area contributed by atoms with Crippen LogP contribution in [-0.2, 0) is 29.3 Å². The molecule has 15 heteroatoms.